The summed E-state index contributed by atoms with van der Waals surface area (Å²) in [7, 11) is 0. The van der Waals surface area contributed by atoms with E-state index >= 15 is 0 Å². The van der Waals surface area contributed by atoms with E-state index in [2.05, 4.69) is 0 Å². The van der Waals surface area contributed by atoms with E-state index in [0.717, 1.165) is 50.6 Å². The molecule has 7 nitrogen and oxygen atoms in total. The molecule has 1 saturated heterocycles. The molecular weight excluding hydrogens is 456 g/mol. The first kappa shape index (κ1) is 22.9. The van der Waals surface area contributed by atoms with E-state index in [1.54, 1.807) is 23.1 Å². The molecule has 3 aromatic rings. The fourth-order valence-corrected chi connectivity index (χ4v) is 5.06. The standard InChI is InChI=1S/C26H27ClN2O5/c1-2-33-19-7-4-17(5-8-19)23-22-24(30)20-16-18(27)6-9-21(20)34-25(22)26(31)29(23)11-3-10-28-12-14-32-15-13-28/h4-9,16,23H,2-3,10-15H2,1H3/p+1/t23-/m1/s1. The van der Waals surface area contributed by atoms with Gasteiger partial charge in [0.2, 0.25) is 5.76 Å². The highest BCUT2D eigenvalue weighted by Crippen LogP contribution is 2.38. The number of benzene rings is 2. The molecule has 2 aromatic carbocycles. The molecule has 178 valence electrons. The molecule has 2 aliphatic heterocycles. The maximum absolute atomic E-state index is 13.6. The van der Waals surface area contributed by atoms with Gasteiger partial charge in [-0.2, -0.15) is 0 Å². The van der Waals surface area contributed by atoms with Crippen LogP contribution in [0.1, 0.15) is 41.1 Å². The minimum Gasteiger partial charge on any atom is -0.494 e. The summed E-state index contributed by atoms with van der Waals surface area (Å²) in [6.45, 7) is 7.46. The van der Waals surface area contributed by atoms with Gasteiger partial charge in [0.15, 0.2) is 5.43 Å². The van der Waals surface area contributed by atoms with Crippen LogP contribution in [0.4, 0.5) is 0 Å². The Morgan fingerprint density at radius 1 is 1.12 bits per heavy atom. The third-order valence-electron chi connectivity index (χ3n) is 6.56. The maximum Gasteiger partial charge on any atom is 0.290 e. The van der Waals surface area contributed by atoms with Crippen LogP contribution >= 0.6 is 11.6 Å². The number of quaternary nitrogens is 1. The number of ether oxygens (including phenoxy) is 2. The topological polar surface area (TPSA) is 73.4 Å². The smallest absolute Gasteiger partial charge is 0.290 e. The predicted molar refractivity (Wildman–Crippen MR) is 129 cm³/mol. The average molecular weight is 484 g/mol. The van der Waals surface area contributed by atoms with Gasteiger partial charge < -0.3 is 23.7 Å². The molecule has 2 aliphatic rings. The first-order chi connectivity index (χ1) is 16.6. The predicted octanol–water partition coefficient (Wildman–Crippen LogP) is 2.70. The highest BCUT2D eigenvalue weighted by molar-refractivity contribution is 6.31. The lowest BCUT2D eigenvalue weighted by atomic mass is 9.98. The Morgan fingerprint density at radius 2 is 1.88 bits per heavy atom. The van der Waals surface area contributed by atoms with E-state index in [-0.39, 0.29) is 17.1 Å². The normalized spacial score (nSPS) is 18.5. The van der Waals surface area contributed by atoms with Crippen LogP contribution in [0.25, 0.3) is 11.0 Å². The van der Waals surface area contributed by atoms with Gasteiger partial charge in [-0.05, 0) is 42.8 Å². The van der Waals surface area contributed by atoms with Gasteiger partial charge in [-0.15, -0.1) is 0 Å². The lowest BCUT2D eigenvalue weighted by Gasteiger charge is -2.27. The van der Waals surface area contributed by atoms with Crippen LogP contribution in [-0.2, 0) is 4.74 Å². The van der Waals surface area contributed by atoms with E-state index in [0.29, 0.717) is 34.7 Å². The van der Waals surface area contributed by atoms with Crippen molar-refractivity contribution in [1.82, 2.24) is 4.90 Å². The van der Waals surface area contributed by atoms with E-state index in [1.165, 1.54) is 4.90 Å². The molecule has 0 unspecified atom stereocenters. The summed E-state index contributed by atoms with van der Waals surface area (Å²) in [5.74, 6) is 0.618. The highest BCUT2D eigenvalue weighted by Gasteiger charge is 2.42. The summed E-state index contributed by atoms with van der Waals surface area (Å²) in [6, 6.07) is 12.0. The lowest BCUT2D eigenvalue weighted by Crippen LogP contribution is -3.14. The van der Waals surface area contributed by atoms with Crippen molar-refractivity contribution in [3.8, 4) is 5.75 Å². The fraction of sp³-hybridized carbons (Fsp3) is 0.385. The summed E-state index contributed by atoms with van der Waals surface area (Å²) in [5, 5.41) is 0.835. The first-order valence-corrected chi connectivity index (χ1v) is 12.2. The molecule has 34 heavy (non-hydrogen) atoms. The Balaban J connectivity index is 1.52. The van der Waals surface area contributed by atoms with Crippen molar-refractivity contribution in [2.24, 2.45) is 0 Å². The number of amides is 1. The van der Waals surface area contributed by atoms with Crippen molar-refractivity contribution >= 4 is 28.5 Å². The molecule has 3 heterocycles. The molecule has 0 saturated carbocycles. The second-order valence-corrected chi connectivity index (χ2v) is 9.12. The number of fused-ring (bicyclic) bond motifs is 2. The van der Waals surface area contributed by atoms with Gasteiger partial charge in [0.25, 0.3) is 5.91 Å². The molecule has 1 fully saturated rings. The van der Waals surface area contributed by atoms with Crippen molar-refractivity contribution in [1.29, 1.82) is 0 Å². The third kappa shape index (κ3) is 4.31. The summed E-state index contributed by atoms with van der Waals surface area (Å²) in [6.07, 6.45) is 0.822. The highest BCUT2D eigenvalue weighted by atomic mass is 35.5. The summed E-state index contributed by atoms with van der Waals surface area (Å²) >= 11 is 6.16. The van der Waals surface area contributed by atoms with E-state index in [4.69, 9.17) is 25.5 Å². The van der Waals surface area contributed by atoms with Crippen molar-refractivity contribution in [2.75, 3.05) is 46.0 Å². The Morgan fingerprint density at radius 3 is 2.62 bits per heavy atom. The van der Waals surface area contributed by atoms with Crippen molar-refractivity contribution < 1.29 is 23.6 Å². The zero-order valence-electron chi connectivity index (χ0n) is 19.1. The van der Waals surface area contributed by atoms with Gasteiger partial charge >= 0.3 is 0 Å². The Labute approximate surface area is 202 Å². The number of rotatable bonds is 7. The number of hydrogen-bond donors (Lipinski definition) is 1. The molecule has 0 aliphatic carbocycles. The maximum atomic E-state index is 13.6. The summed E-state index contributed by atoms with van der Waals surface area (Å²) in [5.41, 5.74) is 1.38. The zero-order chi connectivity index (χ0) is 23.7. The second kappa shape index (κ2) is 9.78. The van der Waals surface area contributed by atoms with Crippen molar-refractivity contribution in [3.05, 3.63) is 74.6 Å². The molecule has 1 N–H and O–H groups in total. The number of morpholine rings is 1. The molecule has 1 aromatic heterocycles. The summed E-state index contributed by atoms with van der Waals surface area (Å²) < 4.78 is 17.0. The summed E-state index contributed by atoms with van der Waals surface area (Å²) in [4.78, 5) is 30.4. The van der Waals surface area contributed by atoms with Crippen LogP contribution in [0.2, 0.25) is 5.02 Å². The lowest BCUT2D eigenvalue weighted by molar-refractivity contribution is -0.908. The Kier molecular flexibility index (Phi) is 6.59. The van der Waals surface area contributed by atoms with E-state index < -0.39 is 6.04 Å². The number of nitrogens with zero attached hydrogens (tertiary/aromatic N) is 1. The fourth-order valence-electron chi connectivity index (χ4n) is 4.89. The van der Waals surface area contributed by atoms with Crippen molar-refractivity contribution in [2.45, 2.75) is 19.4 Å². The van der Waals surface area contributed by atoms with Gasteiger partial charge in [-0.3, -0.25) is 9.59 Å². The average Bonchev–Trinajstić information content (AvgIpc) is 3.13. The van der Waals surface area contributed by atoms with Crippen molar-refractivity contribution in [3.63, 3.8) is 0 Å². The number of nitrogens with one attached hydrogen (secondary N) is 1. The number of carbonyl (C=O) groups excluding carboxylic acids is 1. The molecule has 0 bridgehead atoms. The molecule has 1 atom stereocenters. The van der Waals surface area contributed by atoms with Gasteiger partial charge in [-0.25, -0.2) is 0 Å². The minimum atomic E-state index is -0.516. The molecule has 1 amide bonds. The quantitative estimate of drug-likeness (QED) is 0.559. The van der Waals surface area contributed by atoms with Gasteiger partial charge in [0.05, 0.1) is 43.4 Å². The number of halogens is 1. The largest absolute Gasteiger partial charge is 0.494 e. The van der Waals surface area contributed by atoms with Crippen LogP contribution < -0.4 is 15.1 Å². The molecular formula is C26H28ClN2O5+. The Bertz CT molecular complexity index is 1250. The van der Waals surface area contributed by atoms with Gasteiger partial charge in [0, 0.05) is 18.0 Å². The van der Waals surface area contributed by atoms with Crippen LogP contribution in [0, 0.1) is 0 Å². The molecule has 0 radical (unpaired) electrons. The van der Waals surface area contributed by atoms with E-state index in [9.17, 15) is 9.59 Å². The van der Waals surface area contributed by atoms with Gasteiger partial charge in [-0.1, -0.05) is 23.7 Å². The number of carbonyl (C=O) groups is 1. The molecule has 0 spiro atoms. The van der Waals surface area contributed by atoms with Crippen LogP contribution in [0.5, 0.6) is 5.75 Å². The van der Waals surface area contributed by atoms with Crippen LogP contribution in [0.15, 0.2) is 51.7 Å². The SMILES string of the molecule is CCOc1ccc([C@@H]2c3c(oc4ccc(Cl)cc4c3=O)C(=O)N2CCC[NH+]2CCOCC2)cc1. The van der Waals surface area contributed by atoms with Crippen LogP contribution in [-0.4, -0.2) is 56.8 Å². The van der Waals surface area contributed by atoms with Crippen LogP contribution in [0.3, 0.4) is 0 Å². The monoisotopic (exact) mass is 483 g/mol. The third-order valence-corrected chi connectivity index (χ3v) is 6.80. The Hall–Kier alpha value is -2.87. The number of hydrogen-bond acceptors (Lipinski definition) is 5. The second-order valence-electron chi connectivity index (χ2n) is 8.68. The zero-order valence-corrected chi connectivity index (χ0v) is 19.9. The van der Waals surface area contributed by atoms with E-state index in [1.807, 2.05) is 31.2 Å². The van der Waals surface area contributed by atoms with Gasteiger partial charge in [0.1, 0.15) is 24.4 Å². The minimum absolute atomic E-state index is 0.123. The molecule has 5 rings (SSSR count). The first-order valence-electron chi connectivity index (χ1n) is 11.8. The molecule has 8 heteroatoms.